The van der Waals surface area contributed by atoms with Gasteiger partial charge >= 0.3 is 0 Å². The molecule has 1 saturated carbocycles. The molecule has 5 rings (SSSR count). The fourth-order valence-corrected chi connectivity index (χ4v) is 5.31. The summed E-state index contributed by atoms with van der Waals surface area (Å²) in [4.78, 5) is 24.0. The van der Waals surface area contributed by atoms with Crippen molar-refractivity contribution in [3.05, 3.63) is 46.6 Å². The van der Waals surface area contributed by atoms with Crippen molar-refractivity contribution in [1.29, 1.82) is 0 Å². The Morgan fingerprint density at radius 1 is 1.29 bits per heavy atom. The van der Waals surface area contributed by atoms with Crippen molar-refractivity contribution in [2.45, 2.75) is 50.8 Å². The van der Waals surface area contributed by atoms with E-state index in [2.05, 4.69) is 10.3 Å². The van der Waals surface area contributed by atoms with E-state index in [1.807, 2.05) is 35.2 Å². The van der Waals surface area contributed by atoms with Gasteiger partial charge in [0.15, 0.2) is 5.13 Å². The number of H-pyrrole nitrogens is 1. The molecular formula is C21H24N4O2S. The number of carbonyl (C=O) groups excluding carboxylic acids is 1. The Balaban J connectivity index is 1.30. The third kappa shape index (κ3) is 3.29. The highest BCUT2D eigenvalue weighted by atomic mass is 32.1. The number of nitrogens with one attached hydrogen (secondary N) is 2. The molecule has 1 aliphatic heterocycles. The number of fused-ring (bicyclic) bond motifs is 2. The summed E-state index contributed by atoms with van der Waals surface area (Å²) in [6, 6.07) is 9.96. The van der Waals surface area contributed by atoms with Crippen LogP contribution in [0.5, 0.6) is 0 Å². The lowest BCUT2D eigenvalue weighted by molar-refractivity contribution is 0.0731. The summed E-state index contributed by atoms with van der Waals surface area (Å²) in [6.45, 7) is 1.27. The largest absolute Gasteiger partial charge is 0.391 e. The molecule has 0 spiro atoms. The number of nitrogens with zero attached hydrogens (tertiary/aromatic N) is 2. The number of amides is 1. The number of aromatic amines is 1. The summed E-state index contributed by atoms with van der Waals surface area (Å²) in [7, 11) is 0. The highest BCUT2D eigenvalue weighted by Crippen LogP contribution is 2.31. The molecule has 0 radical (unpaired) electrons. The molecule has 3 N–H and O–H groups in total. The van der Waals surface area contributed by atoms with E-state index < -0.39 is 0 Å². The summed E-state index contributed by atoms with van der Waals surface area (Å²) in [5, 5.41) is 15.5. The number of hydrogen-bond acceptors (Lipinski definition) is 5. The molecule has 1 aromatic carbocycles. The average molecular weight is 397 g/mol. The first kappa shape index (κ1) is 17.7. The molecule has 2 atom stereocenters. The first-order valence-corrected chi connectivity index (χ1v) is 10.8. The predicted octanol–water partition coefficient (Wildman–Crippen LogP) is 3.54. The molecule has 1 amide bonds. The summed E-state index contributed by atoms with van der Waals surface area (Å²) in [5.74, 6) is 0.0347. The number of aliphatic hydroxyl groups excluding tert-OH is 1. The molecule has 2 aliphatic rings. The smallest absolute Gasteiger partial charge is 0.270 e. The maximum absolute atomic E-state index is 13.0. The lowest BCUT2D eigenvalue weighted by Gasteiger charge is -2.28. The van der Waals surface area contributed by atoms with Crippen LogP contribution < -0.4 is 5.32 Å². The summed E-state index contributed by atoms with van der Waals surface area (Å²) in [6.07, 6.45) is 4.55. The maximum atomic E-state index is 13.0. The minimum atomic E-state index is -0.297. The minimum Gasteiger partial charge on any atom is -0.391 e. The Labute approximate surface area is 167 Å². The van der Waals surface area contributed by atoms with Crippen LogP contribution in [0.15, 0.2) is 30.3 Å². The van der Waals surface area contributed by atoms with Gasteiger partial charge in [-0.3, -0.25) is 4.79 Å². The molecule has 3 heterocycles. The molecule has 7 heteroatoms. The predicted molar refractivity (Wildman–Crippen MR) is 111 cm³/mol. The van der Waals surface area contributed by atoms with Gasteiger partial charge in [-0.15, -0.1) is 0 Å². The second-order valence-corrected chi connectivity index (χ2v) is 8.82. The van der Waals surface area contributed by atoms with E-state index in [0.29, 0.717) is 18.8 Å². The van der Waals surface area contributed by atoms with Crippen LogP contribution in [-0.2, 0) is 13.0 Å². The van der Waals surface area contributed by atoms with Gasteiger partial charge < -0.3 is 20.3 Å². The van der Waals surface area contributed by atoms with Crippen molar-refractivity contribution in [3.63, 3.8) is 0 Å². The molecule has 1 aliphatic carbocycles. The number of para-hydroxylation sites is 1. The number of carbonyl (C=O) groups is 1. The monoisotopic (exact) mass is 396 g/mol. The third-order valence-corrected chi connectivity index (χ3v) is 6.83. The van der Waals surface area contributed by atoms with Gasteiger partial charge in [0.2, 0.25) is 0 Å². The van der Waals surface area contributed by atoms with Crippen LogP contribution in [0.2, 0.25) is 0 Å². The van der Waals surface area contributed by atoms with Gasteiger partial charge in [0.05, 0.1) is 24.4 Å². The number of rotatable bonds is 3. The molecule has 1 fully saturated rings. The SMILES string of the molecule is O=C(c1cc2ccccc2[nH]1)N1CCc2nc(N[C@@H]3CCCC[C@H]3O)sc2C1. The maximum Gasteiger partial charge on any atom is 0.270 e. The van der Waals surface area contributed by atoms with Crippen LogP contribution in [0.4, 0.5) is 5.13 Å². The normalized spacial score (nSPS) is 22.2. The van der Waals surface area contributed by atoms with E-state index in [9.17, 15) is 9.90 Å². The van der Waals surface area contributed by atoms with Crippen molar-refractivity contribution in [2.75, 3.05) is 11.9 Å². The molecule has 6 nitrogen and oxygen atoms in total. The highest BCUT2D eigenvalue weighted by Gasteiger charge is 2.28. The van der Waals surface area contributed by atoms with Crippen molar-refractivity contribution >= 4 is 33.3 Å². The van der Waals surface area contributed by atoms with E-state index in [0.717, 1.165) is 58.7 Å². The first-order chi connectivity index (χ1) is 13.7. The van der Waals surface area contributed by atoms with Crippen molar-refractivity contribution in [2.24, 2.45) is 0 Å². The van der Waals surface area contributed by atoms with Crippen LogP contribution in [0.3, 0.4) is 0 Å². The standard InChI is InChI=1S/C21H24N4O2S/c26-18-8-4-3-7-15(18)23-21-24-16-9-10-25(12-19(16)28-21)20(27)17-11-13-5-1-2-6-14(13)22-17/h1-2,5-6,11,15,18,22,26H,3-4,7-10,12H2,(H,23,24)/t15-,18-/m1/s1. The number of aromatic nitrogens is 2. The number of benzene rings is 1. The van der Waals surface area contributed by atoms with Crippen LogP contribution in [0.1, 0.15) is 46.7 Å². The van der Waals surface area contributed by atoms with Gasteiger partial charge in [-0.2, -0.15) is 0 Å². The van der Waals surface area contributed by atoms with E-state index in [1.165, 1.54) is 0 Å². The second-order valence-electron chi connectivity index (χ2n) is 7.74. The van der Waals surface area contributed by atoms with E-state index in [1.54, 1.807) is 11.3 Å². The molecule has 0 bridgehead atoms. The second kappa shape index (κ2) is 7.22. The van der Waals surface area contributed by atoms with Gasteiger partial charge in [-0.25, -0.2) is 4.98 Å². The number of anilines is 1. The van der Waals surface area contributed by atoms with Gasteiger partial charge in [-0.1, -0.05) is 42.4 Å². The summed E-state index contributed by atoms with van der Waals surface area (Å²) < 4.78 is 0. The molecule has 2 aromatic heterocycles. The van der Waals surface area contributed by atoms with Crippen molar-refractivity contribution in [1.82, 2.24) is 14.9 Å². The fourth-order valence-electron chi connectivity index (χ4n) is 4.23. The molecule has 0 saturated heterocycles. The van der Waals surface area contributed by atoms with Gasteiger partial charge in [0.1, 0.15) is 5.69 Å². The van der Waals surface area contributed by atoms with Gasteiger partial charge in [0, 0.05) is 28.7 Å². The zero-order valence-corrected chi connectivity index (χ0v) is 16.5. The molecular weight excluding hydrogens is 372 g/mol. The zero-order valence-electron chi connectivity index (χ0n) is 15.6. The first-order valence-electron chi connectivity index (χ1n) is 9.97. The number of thiazole rings is 1. The number of aliphatic hydroxyl groups is 1. The number of hydrogen-bond donors (Lipinski definition) is 3. The molecule has 28 heavy (non-hydrogen) atoms. The van der Waals surface area contributed by atoms with E-state index in [-0.39, 0.29) is 18.1 Å². The van der Waals surface area contributed by atoms with Crippen LogP contribution >= 0.6 is 11.3 Å². The Hall–Kier alpha value is -2.38. The van der Waals surface area contributed by atoms with E-state index in [4.69, 9.17) is 4.98 Å². The van der Waals surface area contributed by atoms with Crippen LogP contribution in [0, 0.1) is 0 Å². The lowest BCUT2D eigenvalue weighted by atomic mass is 9.93. The van der Waals surface area contributed by atoms with E-state index >= 15 is 0 Å². The van der Waals surface area contributed by atoms with Gasteiger partial charge in [-0.05, 0) is 25.0 Å². The lowest BCUT2D eigenvalue weighted by Crippen LogP contribution is -2.36. The highest BCUT2D eigenvalue weighted by molar-refractivity contribution is 7.15. The Morgan fingerprint density at radius 3 is 3.00 bits per heavy atom. The molecule has 0 unspecified atom stereocenters. The minimum absolute atomic E-state index is 0.0347. The Kier molecular flexibility index (Phi) is 4.56. The third-order valence-electron chi connectivity index (χ3n) is 5.82. The fraction of sp³-hybridized carbons (Fsp3) is 0.429. The zero-order chi connectivity index (χ0) is 19.1. The summed E-state index contributed by atoms with van der Waals surface area (Å²) >= 11 is 1.61. The van der Waals surface area contributed by atoms with Crippen molar-refractivity contribution in [3.8, 4) is 0 Å². The average Bonchev–Trinajstić information content (AvgIpc) is 3.32. The van der Waals surface area contributed by atoms with Gasteiger partial charge in [0.25, 0.3) is 5.91 Å². The molecule has 3 aromatic rings. The van der Waals surface area contributed by atoms with Crippen molar-refractivity contribution < 1.29 is 9.90 Å². The van der Waals surface area contributed by atoms with Crippen LogP contribution in [0.25, 0.3) is 10.9 Å². The topological polar surface area (TPSA) is 81.2 Å². The Bertz CT molecular complexity index is 978. The quantitative estimate of drug-likeness (QED) is 0.633. The Morgan fingerprint density at radius 2 is 2.14 bits per heavy atom. The van der Waals surface area contributed by atoms with Crippen LogP contribution in [-0.4, -0.2) is 44.6 Å². The molecule has 146 valence electrons. The summed E-state index contributed by atoms with van der Waals surface area (Å²) in [5.41, 5.74) is 2.70.